The molecule has 134 valence electrons. The normalized spacial score (nSPS) is 16.9. The zero-order valence-corrected chi connectivity index (χ0v) is 14.7. The van der Waals surface area contributed by atoms with Gasteiger partial charge in [-0.1, -0.05) is 0 Å². The second-order valence-corrected chi connectivity index (χ2v) is 6.34. The lowest BCUT2D eigenvalue weighted by molar-refractivity contribution is 0.186. The molecule has 3 N–H and O–H groups in total. The van der Waals surface area contributed by atoms with Crippen molar-refractivity contribution >= 4 is 22.8 Å². The van der Waals surface area contributed by atoms with Gasteiger partial charge >= 0.3 is 0 Å². The largest absolute Gasteiger partial charge is 0.384 e. The SMILES string of the molecule is CNc1nc(C)c2cc(-c3ccc(N)nc3)c(=O)n(C3CCOC3)c2n1. The first-order valence-corrected chi connectivity index (χ1v) is 8.50. The molecule has 8 nitrogen and oxygen atoms in total. The number of ether oxygens (including phenoxy) is 1. The number of nitrogens with two attached hydrogens (primary N) is 1. The van der Waals surface area contributed by atoms with Crippen molar-refractivity contribution in [2.45, 2.75) is 19.4 Å². The van der Waals surface area contributed by atoms with Crippen molar-refractivity contribution in [1.29, 1.82) is 0 Å². The minimum atomic E-state index is -0.111. The Balaban J connectivity index is 2.05. The molecular weight excluding hydrogens is 332 g/mol. The van der Waals surface area contributed by atoms with E-state index in [1.807, 2.05) is 13.0 Å². The summed E-state index contributed by atoms with van der Waals surface area (Å²) in [5, 5.41) is 3.79. The van der Waals surface area contributed by atoms with Crippen molar-refractivity contribution in [2.75, 3.05) is 31.3 Å². The summed E-state index contributed by atoms with van der Waals surface area (Å²) in [6.45, 7) is 3.04. The van der Waals surface area contributed by atoms with E-state index in [0.29, 0.717) is 36.2 Å². The molecule has 0 aliphatic carbocycles. The molecule has 26 heavy (non-hydrogen) atoms. The number of hydrogen-bond donors (Lipinski definition) is 2. The van der Waals surface area contributed by atoms with Crippen LogP contribution in [0.5, 0.6) is 0 Å². The van der Waals surface area contributed by atoms with Crippen LogP contribution in [0, 0.1) is 6.92 Å². The van der Waals surface area contributed by atoms with Gasteiger partial charge in [0, 0.05) is 36.4 Å². The molecule has 0 saturated carbocycles. The molecule has 1 atom stereocenters. The fraction of sp³-hybridized carbons (Fsp3) is 0.333. The van der Waals surface area contributed by atoms with Crippen molar-refractivity contribution in [2.24, 2.45) is 0 Å². The molecule has 3 aromatic heterocycles. The highest BCUT2D eigenvalue weighted by Crippen LogP contribution is 2.27. The zero-order valence-electron chi connectivity index (χ0n) is 14.7. The van der Waals surface area contributed by atoms with Crippen LogP contribution >= 0.6 is 0 Å². The number of aryl methyl sites for hydroxylation is 1. The number of fused-ring (bicyclic) bond motifs is 1. The van der Waals surface area contributed by atoms with E-state index in [-0.39, 0.29) is 11.6 Å². The Morgan fingerprint density at radius 3 is 2.85 bits per heavy atom. The number of pyridine rings is 2. The monoisotopic (exact) mass is 352 g/mol. The Hall–Kier alpha value is -3.00. The maximum atomic E-state index is 13.3. The van der Waals surface area contributed by atoms with Gasteiger partial charge in [0.15, 0.2) is 0 Å². The van der Waals surface area contributed by atoms with Crippen LogP contribution < -0.4 is 16.6 Å². The predicted octanol–water partition coefficient (Wildman–Crippen LogP) is 1.75. The van der Waals surface area contributed by atoms with Gasteiger partial charge in [-0.3, -0.25) is 9.36 Å². The fourth-order valence-corrected chi connectivity index (χ4v) is 3.30. The van der Waals surface area contributed by atoms with Crippen LogP contribution in [0.3, 0.4) is 0 Å². The average molecular weight is 352 g/mol. The highest BCUT2D eigenvalue weighted by Gasteiger charge is 2.24. The van der Waals surface area contributed by atoms with Crippen LogP contribution in [0.2, 0.25) is 0 Å². The molecule has 0 spiro atoms. The minimum Gasteiger partial charge on any atom is -0.384 e. The third kappa shape index (κ3) is 2.68. The van der Waals surface area contributed by atoms with E-state index < -0.39 is 0 Å². The second-order valence-electron chi connectivity index (χ2n) is 6.34. The number of aromatic nitrogens is 4. The Kier molecular flexibility index (Phi) is 4.04. The third-order valence-corrected chi connectivity index (χ3v) is 4.67. The molecule has 1 fully saturated rings. The Morgan fingerprint density at radius 2 is 2.19 bits per heavy atom. The van der Waals surface area contributed by atoms with Crippen LogP contribution in [-0.4, -0.2) is 39.8 Å². The molecule has 1 unspecified atom stereocenters. The van der Waals surface area contributed by atoms with Gasteiger partial charge in [-0.15, -0.1) is 0 Å². The van der Waals surface area contributed by atoms with Crippen molar-refractivity contribution in [1.82, 2.24) is 19.5 Å². The van der Waals surface area contributed by atoms with Gasteiger partial charge in [0.1, 0.15) is 11.5 Å². The zero-order chi connectivity index (χ0) is 18.3. The summed E-state index contributed by atoms with van der Waals surface area (Å²) >= 11 is 0. The number of nitrogens with zero attached hydrogens (tertiary/aromatic N) is 4. The van der Waals surface area contributed by atoms with E-state index in [4.69, 9.17) is 10.5 Å². The molecule has 0 aromatic carbocycles. The second kappa shape index (κ2) is 6.38. The molecule has 0 amide bonds. The van der Waals surface area contributed by atoms with Crippen LogP contribution in [0.4, 0.5) is 11.8 Å². The molecule has 4 rings (SSSR count). The summed E-state index contributed by atoms with van der Waals surface area (Å²) in [5.74, 6) is 0.904. The number of nitrogens with one attached hydrogen (secondary N) is 1. The van der Waals surface area contributed by atoms with Crippen LogP contribution in [0.1, 0.15) is 18.2 Å². The van der Waals surface area contributed by atoms with Gasteiger partial charge in [-0.25, -0.2) is 9.97 Å². The van der Waals surface area contributed by atoms with E-state index >= 15 is 0 Å². The number of nitrogen functional groups attached to an aromatic ring is 1. The molecule has 8 heteroatoms. The van der Waals surface area contributed by atoms with Crippen molar-refractivity contribution in [3.63, 3.8) is 0 Å². The first-order chi connectivity index (χ1) is 12.6. The Bertz CT molecular complexity index is 1020. The van der Waals surface area contributed by atoms with Crippen molar-refractivity contribution in [3.8, 4) is 11.1 Å². The summed E-state index contributed by atoms with van der Waals surface area (Å²) in [6, 6.07) is 5.28. The highest BCUT2D eigenvalue weighted by atomic mass is 16.5. The number of hydrogen-bond acceptors (Lipinski definition) is 7. The van der Waals surface area contributed by atoms with E-state index in [2.05, 4.69) is 20.3 Å². The summed E-state index contributed by atoms with van der Waals surface area (Å²) in [7, 11) is 1.76. The highest BCUT2D eigenvalue weighted by molar-refractivity contribution is 5.84. The topological polar surface area (TPSA) is 108 Å². The lowest BCUT2D eigenvalue weighted by atomic mass is 10.1. The van der Waals surface area contributed by atoms with E-state index in [0.717, 1.165) is 23.1 Å². The molecule has 4 heterocycles. The molecule has 0 bridgehead atoms. The maximum Gasteiger partial charge on any atom is 0.260 e. The van der Waals surface area contributed by atoms with Crippen LogP contribution in [0.15, 0.2) is 29.2 Å². The lowest BCUT2D eigenvalue weighted by Crippen LogP contribution is -2.28. The number of anilines is 2. The maximum absolute atomic E-state index is 13.3. The van der Waals surface area contributed by atoms with Gasteiger partial charge in [0.05, 0.1) is 18.3 Å². The van der Waals surface area contributed by atoms with Gasteiger partial charge < -0.3 is 15.8 Å². The molecule has 1 aliphatic rings. The van der Waals surface area contributed by atoms with Crippen molar-refractivity contribution < 1.29 is 4.74 Å². The minimum absolute atomic E-state index is 0.0503. The average Bonchev–Trinajstić information content (AvgIpc) is 3.16. The molecule has 1 aliphatic heterocycles. The van der Waals surface area contributed by atoms with Crippen molar-refractivity contribution in [3.05, 3.63) is 40.4 Å². The van der Waals surface area contributed by atoms with Crippen LogP contribution in [0.25, 0.3) is 22.2 Å². The summed E-state index contributed by atoms with van der Waals surface area (Å²) in [4.78, 5) is 26.5. The van der Waals surface area contributed by atoms with Gasteiger partial charge in [0.25, 0.3) is 5.56 Å². The quantitative estimate of drug-likeness (QED) is 0.739. The van der Waals surface area contributed by atoms with Gasteiger partial charge in [0.2, 0.25) is 5.95 Å². The number of rotatable bonds is 3. The first kappa shape index (κ1) is 16.5. The standard InChI is InChI=1S/C18H20N6O2/c1-10-13-7-14(11-3-4-15(19)21-8-11)17(25)24(12-5-6-26-9-12)16(13)23-18(20-2)22-10/h3-4,7-8,12H,5-6,9H2,1-2H3,(H2,19,21)(H,20,22,23). The lowest BCUT2D eigenvalue weighted by Gasteiger charge is -2.18. The fourth-order valence-electron chi connectivity index (χ4n) is 3.30. The summed E-state index contributed by atoms with van der Waals surface area (Å²) in [6.07, 6.45) is 2.39. The summed E-state index contributed by atoms with van der Waals surface area (Å²) in [5.41, 5.74) is 8.27. The Labute approximate surface area is 150 Å². The van der Waals surface area contributed by atoms with Crippen LogP contribution in [-0.2, 0) is 4.74 Å². The molecule has 3 aromatic rings. The van der Waals surface area contributed by atoms with E-state index in [1.54, 1.807) is 29.9 Å². The predicted molar refractivity (Wildman–Crippen MR) is 100 cm³/mol. The molecule has 1 saturated heterocycles. The molecular formula is C18H20N6O2. The third-order valence-electron chi connectivity index (χ3n) is 4.67. The van der Waals surface area contributed by atoms with Gasteiger partial charge in [-0.2, -0.15) is 4.98 Å². The van der Waals surface area contributed by atoms with E-state index in [1.165, 1.54) is 0 Å². The smallest absolute Gasteiger partial charge is 0.260 e. The molecule has 0 radical (unpaired) electrons. The first-order valence-electron chi connectivity index (χ1n) is 8.50. The summed E-state index contributed by atoms with van der Waals surface area (Å²) < 4.78 is 7.26. The Morgan fingerprint density at radius 1 is 1.35 bits per heavy atom. The van der Waals surface area contributed by atoms with Gasteiger partial charge in [-0.05, 0) is 31.5 Å². The van der Waals surface area contributed by atoms with E-state index in [9.17, 15) is 4.79 Å².